The zero-order valence-electron chi connectivity index (χ0n) is 6.97. The summed E-state index contributed by atoms with van der Waals surface area (Å²) in [7, 11) is 0. The highest BCUT2D eigenvalue weighted by Gasteiger charge is 2.15. The van der Waals surface area contributed by atoms with Gasteiger partial charge in [-0.3, -0.25) is 5.41 Å². The van der Waals surface area contributed by atoms with Crippen molar-refractivity contribution >= 4 is 16.6 Å². The number of nitrogens with one attached hydrogen (secondary N) is 1. The molecule has 14 heavy (non-hydrogen) atoms. The SMILES string of the molecule is N=c1c2c(N)ccc(O)c2n(O)n1O. The molecule has 1 aromatic carbocycles. The first kappa shape index (κ1) is 8.30. The van der Waals surface area contributed by atoms with Gasteiger partial charge < -0.3 is 21.3 Å². The molecule has 0 aliphatic carbocycles. The van der Waals surface area contributed by atoms with Crippen LogP contribution in [0.4, 0.5) is 5.69 Å². The van der Waals surface area contributed by atoms with E-state index in [0.29, 0.717) is 0 Å². The number of hydrogen-bond acceptors (Lipinski definition) is 5. The Morgan fingerprint density at radius 2 is 1.86 bits per heavy atom. The number of benzene rings is 1. The van der Waals surface area contributed by atoms with Crippen molar-refractivity contribution in [2.45, 2.75) is 0 Å². The van der Waals surface area contributed by atoms with Gasteiger partial charge in [0.15, 0.2) is 11.0 Å². The third-order valence-electron chi connectivity index (χ3n) is 2.01. The summed E-state index contributed by atoms with van der Waals surface area (Å²) in [6, 6.07) is 2.65. The van der Waals surface area contributed by atoms with Gasteiger partial charge in [-0.05, 0) is 12.1 Å². The average Bonchev–Trinajstić information content (AvgIpc) is 2.38. The Hall–Kier alpha value is -2.31. The van der Waals surface area contributed by atoms with Gasteiger partial charge in [-0.1, -0.05) is 9.69 Å². The highest BCUT2D eigenvalue weighted by molar-refractivity contribution is 5.93. The molecule has 0 aliphatic rings. The third-order valence-corrected chi connectivity index (χ3v) is 2.01. The summed E-state index contributed by atoms with van der Waals surface area (Å²) in [6.45, 7) is 0. The van der Waals surface area contributed by atoms with Gasteiger partial charge in [-0.25, -0.2) is 0 Å². The Morgan fingerprint density at radius 1 is 1.21 bits per heavy atom. The lowest BCUT2D eigenvalue weighted by molar-refractivity contribution is -0.0108. The Kier molecular flexibility index (Phi) is 1.39. The monoisotopic (exact) mass is 196 g/mol. The molecule has 7 heteroatoms. The summed E-state index contributed by atoms with van der Waals surface area (Å²) >= 11 is 0. The molecule has 0 amide bonds. The molecule has 2 aromatic rings. The lowest BCUT2D eigenvalue weighted by Crippen LogP contribution is -2.19. The molecular weight excluding hydrogens is 188 g/mol. The van der Waals surface area contributed by atoms with Crippen LogP contribution in [0.25, 0.3) is 10.9 Å². The van der Waals surface area contributed by atoms with E-state index in [9.17, 15) is 10.3 Å². The van der Waals surface area contributed by atoms with E-state index in [-0.39, 0.29) is 32.0 Å². The van der Waals surface area contributed by atoms with Gasteiger partial charge >= 0.3 is 0 Å². The summed E-state index contributed by atoms with van der Waals surface area (Å²) in [5.74, 6) is -0.266. The number of hydrogen-bond donors (Lipinski definition) is 5. The van der Waals surface area contributed by atoms with Crippen molar-refractivity contribution in [3.8, 4) is 5.75 Å². The Bertz CT molecular complexity index is 568. The van der Waals surface area contributed by atoms with Gasteiger partial charge in [-0.15, -0.1) is 0 Å². The van der Waals surface area contributed by atoms with Gasteiger partial charge in [0.05, 0.1) is 5.39 Å². The number of phenols is 1. The van der Waals surface area contributed by atoms with Crippen LogP contribution in [0.5, 0.6) is 5.75 Å². The summed E-state index contributed by atoms with van der Waals surface area (Å²) < 4.78 is 0. The van der Waals surface area contributed by atoms with Gasteiger partial charge in [-0.2, -0.15) is 0 Å². The average molecular weight is 196 g/mol. The molecule has 1 aromatic heterocycles. The van der Waals surface area contributed by atoms with Gasteiger partial charge in [0.25, 0.3) is 0 Å². The van der Waals surface area contributed by atoms with Crippen molar-refractivity contribution in [1.82, 2.24) is 9.69 Å². The molecule has 7 nitrogen and oxygen atoms in total. The molecule has 0 bridgehead atoms. The van der Waals surface area contributed by atoms with Gasteiger partial charge in [0, 0.05) is 5.69 Å². The van der Waals surface area contributed by atoms with E-state index in [1.165, 1.54) is 12.1 Å². The number of anilines is 1. The van der Waals surface area contributed by atoms with E-state index >= 15 is 0 Å². The van der Waals surface area contributed by atoms with E-state index in [4.69, 9.17) is 16.4 Å². The zero-order valence-corrected chi connectivity index (χ0v) is 6.97. The topological polar surface area (TPSA) is 120 Å². The maximum atomic E-state index is 9.37. The lowest BCUT2D eigenvalue weighted by Gasteiger charge is -1.99. The number of rotatable bonds is 0. The third kappa shape index (κ3) is 0.777. The molecule has 0 saturated heterocycles. The van der Waals surface area contributed by atoms with Crippen molar-refractivity contribution in [2.24, 2.45) is 0 Å². The lowest BCUT2D eigenvalue weighted by atomic mass is 10.2. The Labute approximate surface area is 77.2 Å². The van der Waals surface area contributed by atoms with Crippen LogP contribution in [0.15, 0.2) is 12.1 Å². The first-order chi connectivity index (χ1) is 6.54. The molecule has 74 valence electrons. The molecule has 2 rings (SSSR count). The second-order valence-corrected chi connectivity index (χ2v) is 2.83. The van der Waals surface area contributed by atoms with Crippen LogP contribution in [0, 0.1) is 5.41 Å². The van der Waals surface area contributed by atoms with Crippen molar-refractivity contribution in [3.63, 3.8) is 0 Å². The summed E-state index contributed by atoms with van der Waals surface area (Å²) in [5, 5.41) is 35.3. The smallest absolute Gasteiger partial charge is 0.195 e. The summed E-state index contributed by atoms with van der Waals surface area (Å²) in [6.07, 6.45) is 0. The van der Waals surface area contributed by atoms with E-state index < -0.39 is 5.49 Å². The number of phenolic OH excluding ortho intramolecular Hbond substituents is 1. The van der Waals surface area contributed by atoms with Crippen LogP contribution in [0.1, 0.15) is 0 Å². The molecule has 6 N–H and O–H groups in total. The minimum Gasteiger partial charge on any atom is -0.506 e. The summed E-state index contributed by atoms with van der Waals surface area (Å²) in [5.41, 5.74) is 5.23. The largest absolute Gasteiger partial charge is 0.506 e. The van der Waals surface area contributed by atoms with Crippen LogP contribution < -0.4 is 11.2 Å². The second-order valence-electron chi connectivity index (χ2n) is 2.83. The van der Waals surface area contributed by atoms with Crippen molar-refractivity contribution in [2.75, 3.05) is 5.73 Å². The number of nitrogens with zero attached hydrogens (tertiary/aromatic N) is 2. The number of nitrogens with two attached hydrogens (primary N) is 1. The molecule has 0 fully saturated rings. The van der Waals surface area contributed by atoms with Crippen LogP contribution in [0.3, 0.4) is 0 Å². The molecule has 0 aliphatic heterocycles. The Morgan fingerprint density at radius 3 is 2.43 bits per heavy atom. The van der Waals surface area contributed by atoms with Crippen LogP contribution in [0.2, 0.25) is 0 Å². The highest BCUT2D eigenvalue weighted by Crippen LogP contribution is 2.25. The number of nitrogen functional groups attached to an aromatic ring is 1. The van der Waals surface area contributed by atoms with Gasteiger partial charge in [0.2, 0.25) is 0 Å². The van der Waals surface area contributed by atoms with Crippen molar-refractivity contribution in [3.05, 3.63) is 17.6 Å². The maximum Gasteiger partial charge on any atom is 0.195 e. The van der Waals surface area contributed by atoms with E-state index in [0.717, 1.165) is 0 Å². The fraction of sp³-hybridized carbons (Fsp3) is 0. The number of aromatic nitrogens is 2. The first-order valence-electron chi connectivity index (χ1n) is 3.72. The molecule has 0 saturated carbocycles. The minimum absolute atomic E-state index is 0.0926. The normalized spacial score (nSPS) is 10.9. The molecule has 0 atom stereocenters. The quantitative estimate of drug-likeness (QED) is 0.225. The minimum atomic E-state index is -0.393. The molecule has 1 heterocycles. The molecule has 0 radical (unpaired) electrons. The highest BCUT2D eigenvalue weighted by atomic mass is 16.6. The first-order valence-corrected chi connectivity index (χ1v) is 3.72. The van der Waals surface area contributed by atoms with Gasteiger partial charge in [0.1, 0.15) is 5.75 Å². The van der Waals surface area contributed by atoms with Crippen molar-refractivity contribution < 1.29 is 15.5 Å². The predicted molar refractivity (Wildman–Crippen MR) is 46.2 cm³/mol. The second kappa shape index (κ2) is 2.34. The van der Waals surface area contributed by atoms with Crippen LogP contribution in [-0.4, -0.2) is 25.2 Å². The van der Waals surface area contributed by atoms with Crippen LogP contribution >= 0.6 is 0 Å². The standard InChI is InChI=1S/C7H8N4O3/c8-3-1-2-4(12)6-5(3)7(9)11(14)10(6)13/h1-2,9,12-14H,8H2. The summed E-state index contributed by atoms with van der Waals surface area (Å²) in [4.78, 5) is 0.435. The fourth-order valence-electron chi connectivity index (χ4n) is 1.34. The number of aromatic hydroxyl groups is 1. The molecule has 0 unspecified atom stereocenters. The van der Waals surface area contributed by atoms with E-state index in [1.807, 2.05) is 0 Å². The molecular formula is C7H8N4O3. The molecule has 0 spiro atoms. The van der Waals surface area contributed by atoms with E-state index in [1.54, 1.807) is 0 Å². The van der Waals surface area contributed by atoms with Crippen LogP contribution in [-0.2, 0) is 0 Å². The zero-order chi connectivity index (χ0) is 10.5. The number of fused-ring (bicyclic) bond motifs is 1. The Balaban J connectivity index is 3.16. The predicted octanol–water partition coefficient (Wildman–Crippen LogP) is -0.315. The van der Waals surface area contributed by atoms with E-state index in [2.05, 4.69) is 0 Å². The maximum absolute atomic E-state index is 9.37. The van der Waals surface area contributed by atoms with Crippen molar-refractivity contribution in [1.29, 1.82) is 5.41 Å². The fourth-order valence-corrected chi connectivity index (χ4v) is 1.34.